The van der Waals surface area contributed by atoms with E-state index < -0.39 is 0 Å². The van der Waals surface area contributed by atoms with Crippen LogP contribution < -0.4 is 0 Å². The topological polar surface area (TPSA) is 60.9 Å². The molecule has 21 heavy (non-hydrogen) atoms. The molecule has 1 aliphatic rings. The maximum Gasteiger partial charge on any atom is 0.225 e. The fraction of sp³-hybridized carbons (Fsp3) is 0.875. The van der Waals surface area contributed by atoms with Gasteiger partial charge in [0.25, 0.3) is 0 Å². The first-order valence-corrected chi connectivity index (χ1v) is 8.12. The van der Waals surface area contributed by atoms with Crippen LogP contribution in [0.4, 0.5) is 0 Å². The van der Waals surface area contributed by atoms with Gasteiger partial charge >= 0.3 is 0 Å². The smallest absolute Gasteiger partial charge is 0.225 e. The van der Waals surface area contributed by atoms with E-state index in [2.05, 4.69) is 0 Å². The van der Waals surface area contributed by atoms with Crippen LogP contribution in [0.2, 0.25) is 0 Å². The molecule has 0 atom stereocenters. The standard InChI is InChI=1S/C16H30N2O3/c1-13(2)15(20)18-10-7-14(8-11-18)16(21)17(3)9-5-4-6-12-19/h13-14,19H,4-12H2,1-3H3. The summed E-state index contributed by atoms with van der Waals surface area (Å²) < 4.78 is 0. The summed E-state index contributed by atoms with van der Waals surface area (Å²) >= 11 is 0. The third-order valence-electron chi connectivity index (χ3n) is 4.18. The first-order chi connectivity index (χ1) is 9.97. The third-order valence-corrected chi connectivity index (χ3v) is 4.18. The molecule has 0 radical (unpaired) electrons. The van der Waals surface area contributed by atoms with Gasteiger partial charge in [0.1, 0.15) is 0 Å². The summed E-state index contributed by atoms with van der Waals surface area (Å²) in [5.74, 6) is 0.490. The highest BCUT2D eigenvalue weighted by Gasteiger charge is 2.29. The molecule has 1 aliphatic heterocycles. The van der Waals surface area contributed by atoms with Gasteiger partial charge in [0.15, 0.2) is 0 Å². The Morgan fingerprint density at radius 1 is 1.19 bits per heavy atom. The summed E-state index contributed by atoms with van der Waals surface area (Å²) in [7, 11) is 1.85. The predicted molar refractivity (Wildman–Crippen MR) is 82.7 cm³/mol. The zero-order chi connectivity index (χ0) is 15.8. The highest BCUT2D eigenvalue weighted by atomic mass is 16.3. The van der Waals surface area contributed by atoms with Gasteiger partial charge < -0.3 is 14.9 Å². The monoisotopic (exact) mass is 298 g/mol. The zero-order valence-electron chi connectivity index (χ0n) is 13.7. The van der Waals surface area contributed by atoms with Crippen LogP contribution in [-0.2, 0) is 9.59 Å². The molecular formula is C16H30N2O3. The number of carbonyl (C=O) groups excluding carboxylic acids is 2. The Morgan fingerprint density at radius 3 is 2.33 bits per heavy atom. The zero-order valence-corrected chi connectivity index (χ0v) is 13.7. The van der Waals surface area contributed by atoms with Gasteiger partial charge in [0.05, 0.1) is 0 Å². The molecule has 1 heterocycles. The Labute approximate surface area is 128 Å². The molecule has 1 N–H and O–H groups in total. The minimum Gasteiger partial charge on any atom is -0.396 e. The van der Waals surface area contributed by atoms with Gasteiger partial charge in [-0.1, -0.05) is 13.8 Å². The molecule has 0 aromatic rings. The van der Waals surface area contributed by atoms with Crippen molar-refractivity contribution >= 4 is 11.8 Å². The SMILES string of the molecule is CC(C)C(=O)N1CCC(C(=O)N(C)CCCCCO)CC1. The first kappa shape index (κ1) is 18.0. The van der Waals surface area contributed by atoms with Crippen molar-refractivity contribution < 1.29 is 14.7 Å². The summed E-state index contributed by atoms with van der Waals surface area (Å²) in [4.78, 5) is 28.0. The fourth-order valence-electron chi connectivity index (χ4n) is 2.77. The van der Waals surface area contributed by atoms with Crippen LogP contribution in [0.3, 0.4) is 0 Å². The molecule has 5 nitrogen and oxygen atoms in total. The summed E-state index contributed by atoms with van der Waals surface area (Å²) in [6.07, 6.45) is 4.25. The summed E-state index contributed by atoms with van der Waals surface area (Å²) in [5, 5.41) is 8.74. The molecule has 5 heteroatoms. The second-order valence-corrected chi connectivity index (χ2v) is 6.30. The van der Waals surface area contributed by atoms with Crippen LogP contribution in [0.15, 0.2) is 0 Å². The second-order valence-electron chi connectivity index (χ2n) is 6.30. The Kier molecular flexibility index (Phi) is 7.72. The highest BCUT2D eigenvalue weighted by molar-refractivity contribution is 5.80. The molecular weight excluding hydrogens is 268 g/mol. The van der Waals surface area contributed by atoms with Crippen LogP contribution in [-0.4, -0.2) is 60.0 Å². The number of amides is 2. The molecule has 122 valence electrons. The van der Waals surface area contributed by atoms with E-state index in [1.54, 1.807) is 0 Å². The maximum atomic E-state index is 12.3. The van der Waals surface area contributed by atoms with E-state index in [1.165, 1.54) is 0 Å². The summed E-state index contributed by atoms with van der Waals surface area (Å²) in [5.41, 5.74) is 0. The third kappa shape index (κ3) is 5.65. The molecule has 1 rings (SSSR count). The molecule has 0 saturated carbocycles. The average molecular weight is 298 g/mol. The van der Waals surface area contributed by atoms with E-state index in [4.69, 9.17) is 5.11 Å². The van der Waals surface area contributed by atoms with Crippen molar-refractivity contribution in [1.29, 1.82) is 0 Å². The Bertz CT molecular complexity index is 336. The van der Waals surface area contributed by atoms with E-state index >= 15 is 0 Å². The van der Waals surface area contributed by atoms with Crippen molar-refractivity contribution in [3.05, 3.63) is 0 Å². The van der Waals surface area contributed by atoms with Gasteiger partial charge in [0, 0.05) is 45.1 Å². The largest absolute Gasteiger partial charge is 0.396 e. The first-order valence-electron chi connectivity index (χ1n) is 8.12. The molecule has 1 fully saturated rings. The molecule has 1 saturated heterocycles. The molecule has 0 unspecified atom stereocenters. The fourth-order valence-corrected chi connectivity index (χ4v) is 2.77. The number of rotatable bonds is 7. The molecule has 0 aromatic carbocycles. The molecule has 2 amide bonds. The lowest BCUT2D eigenvalue weighted by Crippen LogP contribution is -2.44. The van der Waals surface area contributed by atoms with Gasteiger partial charge in [-0.2, -0.15) is 0 Å². The number of unbranched alkanes of at least 4 members (excludes halogenated alkanes) is 2. The highest BCUT2D eigenvalue weighted by Crippen LogP contribution is 2.20. The van der Waals surface area contributed by atoms with Crippen molar-refractivity contribution in [2.45, 2.75) is 46.0 Å². The van der Waals surface area contributed by atoms with Crippen LogP contribution in [0.25, 0.3) is 0 Å². The van der Waals surface area contributed by atoms with E-state index in [0.717, 1.165) is 38.6 Å². The Morgan fingerprint density at radius 2 is 1.81 bits per heavy atom. The number of nitrogens with zero attached hydrogens (tertiary/aromatic N) is 2. The normalized spacial score (nSPS) is 16.3. The van der Waals surface area contributed by atoms with E-state index in [1.807, 2.05) is 30.7 Å². The summed E-state index contributed by atoms with van der Waals surface area (Å²) in [6, 6.07) is 0. The van der Waals surface area contributed by atoms with Gasteiger partial charge in [-0.3, -0.25) is 9.59 Å². The number of likely N-dealkylation sites (tertiary alicyclic amines) is 1. The molecule has 0 aromatic heterocycles. The number of piperidine rings is 1. The Hall–Kier alpha value is -1.10. The minimum atomic E-state index is 0.0337. The average Bonchev–Trinajstić information content (AvgIpc) is 2.50. The molecule has 0 spiro atoms. The van der Waals surface area contributed by atoms with E-state index in [0.29, 0.717) is 13.1 Å². The molecule has 0 aliphatic carbocycles. The van der Waals surface area contributed by atoms with Crippen LogP contribution >= 0.6 is 0 Å². The number of aliphatic hydroxyl groups excluding tert-OH is 1. The van der Waals surface area contributed by atoms with Crippen molar-refractivity contribution in [1.82, 2.24) is 9.80 Å². The predicted octanol–water partition coefficient (Wildman–Crippen LogP) is 1.50. The van der Waals surface area contributed by atoms with Gasteiger partial charge in [-0.25, -0.2) is 0 Å². The van der Waals surface area contributed by atoms with Crippen LogP contribution in [0.1, 0.15) is 46.0 Å². The van der Waals surface area contributed by atoms with Crippen LogP contribution in [0.5, 0.6) is 0 Å². The van der Waals surface area contributed by atoms with Crippen molar-refractivity contribution in [2.24, 2.45) is 11.8 Å². The number of hydrogen-bond acceptors (Lipinski definition) is 3. The Balaban J connectivity index is 2.32. The van der Waals surface area contributed by atoms with Crippen molar-refractivity contribution in [2.75, 3.05) is 33.3 Å². The van der Waals surface area contributed by atoms with Crippen molar-refractivity contribution in [3.8, 4) is 0 Å². The second kappa shape index (κ2) is 9.03. The number of carbonyl (C=O) groups is 2. The van der Waals surface area contributed by atoms with Gasteiger partial charge in [-0.15, -0.1) is 0 Å². The van der Waals surface area contributed by atoms with Crippen molar-refractivity contribution in [3.63, 3.8) is 0 Å². The lowest BCUT2D eigenvalue weighted by Gasteiger charge is -2.34. The molecule has 0 bridgehead atoms. The lowest BCUT2D eigenvalue weighted by atomic mass is 9.94. The van der Waals surface area contributed by atoms with E-state index in [-0.39, 0.29) is 30.3 Å². The lowest BCUT2D eigenvalue weighted by molar-refractivity contribution is -0.141. The quantitative estimate of drug-likeness (QED) is 0.725. The maximum absolute atomic E-state index is 12.3. The van der Waals surface area contributed by atoms with Gasteiger partial charge in [0.2, 0.25) is 11.8 Å². The number of aliphatic hydroxyl groups is 1. The number of hydrogen-bond donors (Lipinski definition) is 1. The minimum absolute atomic E-state index is 0.0337. The summed E-state index contributed by atoms with van der Waals surface area (Å²) in [6.45, 7) is 6.21. The van der Waals surface area contributed by atoms with E-state index in [9.17, 15) is 9.59 Å². The van der Waals surface area contributed by atoms with Gasteiger partial charge in [-0.05, 0) is 32.1 Å². The van der Waals surface area contributed by atoms with Crippen LogP contribution in [0, 0.1) is 11.8 Å².